The molecule has 1 aliphatic heterocycles. The van der Waals surface area contributed by atoms with Crippen LogP contribution in [0.1, 0.15) is 26.2 Å². The van der Waals surface area contributed by atoms with E-state index >= 15 is 0 Å². The first-order valence-corrected chi connectivity index (χ1v) is 7.84. The van der Waals surface area contributed by atoms with E-state index in [0.29, 0.717) is 0 Å². The van der Waals surface area contributed by atoms with Gasteiger partial charge in [0.1, 0.15) is 5.75 Å². The SMILES string of the molecule is CCSc1ccc(OCCC2CCCN2C)cc1. The van der Waals surface area contributed by atoms with Crippen molar-refractivity contribution in [1.82, 2.24) is 4.90 Å². The van der Waals surface area contributed by atoms with Crippen molar-refractivity contribution in [3.05, 3.63) is 24.3 Å². The number of hydrogen-bond donors (Lipinski definition) is 0. The second kappa shape index (κ2) is 7.05. The fraction of sp³-hybridized carbons (Fsp3) is 0.600. The van der Waals surface area contributed by atoms with Gasteiger partial charge in [-0.2, -0.15) is 0 Å². The molecule has 1 aromatic carbocycles. The van der Waals surface area contributed by atoms with Crippen LogP contribution in [0.3, 0.4) is 0 Å². The molecule has 0 aromatic heterocycles. The fourth-order valence-corrected chi connectivity index (χ4v) is 3.12. The molecule has 1 saturated heterocycles. The van der Waals surface area contributed by atoms with E-state index in [2.05, 4.69) is 43.1 Å². The van der Waals surface area contributed by atoms with E-state index in [1.165, 1.54) is 24.3 Å². The summed E-state index contributed by atoms with van der Waals surface area (Å²) in [5, 5.41) is 0. The Morgan fingerprint density at radius 3 is 2.72 bits per heavy atom. The Labute approximate surface area is 115 Å². The van der Waals surface area contributed by atoms with Gasteiger partial charge < -0.3 is 9.64 Å². The van der Waals surface area contributed by atoms with Crippen molar-refractivity contribution >= 4 is 11.8 Å². The topological polar surface area (TPSA) is 12.5 Å². The van der Waals surface area contributed by atoms with E-state index in [-0.39, 0.29) is 0 Å². The zero-order valence-electron chi connectivity index (χ0n) is 11.4. The van der Waals surface area contributed by atoms with Crippen LogP contribution in [0.25, 0.3) is 0 Å². The number of ether oxygens (including phenoxy) is 1. The lowest BCUT2D eigenvalue weighted by atomic mass is 10.1. The molecule has 1 unspecified atom stereocenters. The van der Waals surface area contributed by atoms with Gasteiger partial charge in [-0.15, -0.1) is 11.8 Å². The van der Waals surface area contributed by atoms with Crippen molar-refractivity contribution in [3.8, 4) is 5.75 Å². The maximum atomic E-state index is 5.81. The molecule has 18 heavy (non-hydrogen) atoms. The van der Waals surface area contributed by atoms with Gasteiger partial charge in [-0.25, -0.2) is 0 Å². The maximum absolute atomic E-state index is 5.81. The lowest BCUT2D eigenvalue weighted by Gasteiger charge is -2.19. The molecule has 2 rings (SSSR count). The molecule has 0 radical (unpaired) electrons. The summed E-state index contributed by atoms with van der Waals surface area (Å²) in [6.07, 6.45) is 3.80. The molecule has 0 spiro atoms. The largest absolute Gasteiger partial charge is 0.494 e. The first-order chi connectivity index (χ1) is 8.79. The summed E-state index contributed by atoms with van der Waals surface area (Å²) >= 11 is 1.87. The molecule has 0 N–H and O–H groups in total. The predicted octanol–water partition coefficient (Wildman–Crippen LogP) is 3.66. The van der Waals surface area contributed by atoms with Crippen LogP contribution in [0.4, 0.5) is 0 Å². The average molecular weight is 265 g/mol. The number of rotatable bonds is 6. The summed E-state index contributed by atoms with van der Waals surface area (Å²) in [4.78, 5) is 3.77. The molecule has 3 heteroatoms. The highest BCUT2D eigenvalue weighted by atomic mass is 32.2. The minimum absolute atomic E-state index is 0.722. The maximum Gasteiger partial charge on any atom is 0.119 e. The number of likely N-dealkylation sites (tertiary alicyclic amines) is 1. The molecular weight excluding hydrogens is 242 g/mol. The lowest BCUT2D eigenvalue weighted by molar-refractivity contribution is 0.233. The third-order valence-electron chi connectivity index (χ3n) is 3.53. The predicted molar refractivity (Wildman–Crippen MR) is 78.6 cm³/mol. The van der Waals surface area contributed by atoms with Crippen LogP contribution >= 0.6 is 11.8 Å². The highest BCUT2D eigenvalue weighted by Crippen LogP contribution is 2.22. The normalized spacial score (nSPS) is 20.2. The van der Waals surface area contributed by atoms with E-state index in [4.69, 9.17) is 4.74 Å². The van der Waals surface area contributed by atoms with E-state index in [1.54, 1.807) is 0 Å². The van der Waals surface area contributed by atoms with Crippen LogP contribution in [0.2, 0.25) is 0 Å². The molecule has 100 valence electrons. The molecule has 0 amide bonds. The van der Waals surface area contributed by atoms with Crippen LogP contribution in [0.15, 0.2) is 29.2 Å². The van der Waals surface area contributed by atoms with Crippen molar-refractivity contribution in [2.24, 2.45) is 0 Å². The monoisotopic (exact) mass is 265 g/mol. The first kappa shape index (κ1) is 13.8. The zero-order valence-corrected chi connectivity index (χ0v) is 12.2. The quantitative estimate of drug-likeness (QED) is 0.728. The fourth-order valence-electron chi connectivity index (χ4n) is 2.46. The van der Waals surface area contributed by atoms with Crippen molar-refractivity contribution in [2.45, 2.75) is 37.1 Å². The van der Waals surface area contributed by atoms with Crippen LogP contribution in [-0.2, 0) is 0 Å². The van der Waals surface area contributed by atoms with Gasteiger partial charge in [0.05, 0.1) is 6.61 Å². The summed E-state index contributed by atoms with van der Waals surface area (Å²) in [7, 11) is 2.22. The Kier molecular flexibility index (Phi) is 5.39. The standard InChI is InChI=1S/C15H23NOS/c1-3-18-15-8-6-14(7-9-15)17-12-10-13-5-4-11-16(13)2/h6-9,13H,3-5,10-12H2,1-2H3. The minimum Gasteiger partial charge on any atom is -0.494 e. The van der Waals surface area contributed by atoms with Crippen LogP contribution in [0.5, 0.6) is 5.75 Å². The second-order valence-corrected chi connectivity index (χ2v) is 6.16. The summed E-state index contributed by atoms with van der Waals surface area (Å²) in [5.74, 6) is 2.12. The van der Waals surface area contributed by atoms with Crippen LogP contribution in [-0.4, -0.2) is 36.9 Å². The zero-order chi connectivity index (χ0) is 12.8. The van der Waals surface area contributed by atoms with Crippen LogP contribution < -0.4 is 4.74 Å². The third kappa shape index (κ3) is 3.92. The van der Waals surface area contributed by atoms with Crippen LogP contribution in [0, 0.1) is 0 Å². The molecule has 1 fully saturated rings. The van der Waals surface area contributed by atoms with Crippen molar-refractivity contribution < 1.29 is 4.74 Å². The second-order valence-electron chi connectivity index (χ2n) is 4.82. The van der Waals surface area contributed by atoms with Crippen molar-refractivity contribution in [2.75, 3.05) is 26.0 Å². The molecule has 1 heterocycles. The van der Waals surface area contributed by atoms with E-state index < -0.39 is 0 Å². The minimum atomic E-state index is 0.722. The Bertz CT molecular complexity index is 352. The number of thioether (sulfide) groups is 1. The van der Waals surface area contributed by atoms with E-state index in [9.17, 15) is 0 Å². The Morgan fingerprint density at radius 1 is 1.33 bits per heavy atom. The van der Waals surface area contributed by atoms with Gasteiger partial charge >= 0.3 is 0 Å². The first-order valence-electron chi connectivity index (χ1n) is 6.85. The number of nitrogens with zero attached hydrogens (tertiary/aromatic N) is 1. The molecule has 2 nitrogen and oxygen atoms in total. The Balaban J connectivity index is 1.72. The summed E-state index contributed by atoms with van der Waals surface area (Å²) in [5.41, 5.74) is 0. The number of hydrogen-bond acceptors (Lipinski definition) is 3. The van der Waals surface area contributed by atoms with Gasteiger partial charge in [0.2, 0.25) is 0 Å². The molecule has 0 aliphatic carbocycles. The molecular formula is C15H23NOS. The Morgan fingerprint density at radius 2 is 2.11 bits per heavy atom. The molecule has 0 saturated carbocycles. The highest BCUT2D eigenvalue weighted by molar-refractivity contribution is 7.99. The van der Waals surface area contributed by atoms with Gasteiger partial charge in [-0.3, -0.25) is 0 Å². The molecule has 1 aromatic rings. The number of benzene rings is 1. The van der Waals surface area contributed by atoms with Gasteiger partial charge in [-0.1, -0.05) is 6.92 Å². The van der Waals surface area contributed by atoms with Crippen molar-refractivity contribution in [3.63, 3.8) is 0 Å². The van der Waals surface area contributed by atoms with Gasteiger partial charge in [-0.05, 0) is 62.9 Å². The smallest absolute Gasteiger partial charge is 0.119 e. The third-order valence-corrected chi connectivity index (χ3v) is 4.42. The molecule has 1 aliphatic rings. The molecule has 1 atom stereocenters. The van der Waals surface area contributed by atoms with E-state index in [1.807, 2.05) is 11.8 Å². The summed E-state index contributed by atoms with van der Waals surface area (Å²) in [6.45, 7) is 4.25. The highest BCUT2D eigenvalue weighted by Gasteiger charge is 2.20. The van der Waals surface area contributed by atoms with Gasteiger partial charge in [0.15, 0.2) is 0 Å². The van der Waals surface area contributed by atoms with Gasteiger partial charge in [0.25, 0.3) is 0 Å². The summed E-state index contributed by atoms with van der Waals surface area (Å²) in [6, 6.07) is 9.17. The van der Waals surface area contributed by atoms with Crippen molar-refractivity contribution in [1.29, 1.82) is 0 Å². The van der Waals surface area contributed by atoms with Gasteiger partial charge in [0, 0.05) is 10.9 Å². The summed E-state index contributed by atoms with van der Waals surface area (Å²) < 4.78 is 5.81. The lowest BCUT2D eigenvalue weighted by Crippen LogP contribution is -2.26. The Hall–Kier alpha value is -0.670. The van der Waals surface area contributed by atoms with E-state index in [0.717, 1.165) is 30.6 Å². The molecule has 0 bridgehead atoms. The average Bonchev–Trinajstić information content (AvgIpc) is 2.78.